The van der Waals surface area contributed by atoms with E-state index in [1.165, 1.54) is 0 Å². The Hall–Kier alpha value is -2.11. The van der Waals surface area contributed by atoms with Crippen LogP contribution < -0.4 is 11.3 Å². The van der Waals surface area contributed by atoms with Gasteiger partial charge in [0.2, 0.25) is 5.95 Å². The third kappa shape index (κ3) is 1.44. The van der Waals surface area contributed by atoms with E-state index in [4.69, 9.17) is 5.73 Å². The Kier molecular flexibility index (Phi) is 2.04. The first-order valence-electron chi connectivity index (χ1n) is 5.57. The fraction of sp³-hybridized carbons (Fsp3) is 0.364. The van der Waals surface area contributed by atoms with E-state index in [1.807, 2.05) is 4.57 Å². The molecule has 0 spiro atoms. The zero-order valence-electron chi connectivity index (χ0n) is 9.31. The maximum absolute atomic E-state index is 11.6. The number of nitrogens with two attached hydrogens (primary N) is 1. The number of hydrogen-bond donors (Lipinski definition) is 2. The molecule has 17 heavy (non-hydrogen) atoms. The molecule has 1 saturated carbocycles. The highest BCUT2D eigenvalue weighted by molar-refractivity contribution is 5.70. The molecule has 0 aliphatic heterocycles. The molecule has 3 N–H and O–H groups in total. The fourth-order valence-corrected chi connectivity index (χ4v) is 2.40. The van der Waals surface area contributed by atoms with Crippen molar-refractivity contribution >= 4 is 17.1 Å². The van der Waals surface area contributed by atoms with Crippen molar-refractivity contribution in [3.63, 3.8) is 0 Å². The number of aromatic nitrogens is 4. The minimum atomic E-state index is -0.296. The molecule has 88 valence electrons. The van der Waals surface area contributed by atoms with Gasteiger partial charge in [0, 0.05) is 0 Å². The minimum Gasteiger partial charge on any atom is -0.369 e. The van der Waals surface area contributed by atoms with Crippen LogP contribution in [0, 0.1) is 0 Å². The largest absolute Gasteiger partial charge is 0.369 e. The zero-order chi connectivity index (χ0) is 12.0. The van der Waals surface area contributed by atoms with E-state index in [9.17, 15) is 4.79 Å². The van der Waals surface area contributed by atoms with E-state index < -0.39 is 0 Å². The number of allylic oxidation sites excluding steroid dienone is 1. The van der Waals surface area contributed by atoms with Crippen molar-refractivity contribution < 1.29 is 0 Å². The van der Waals surface area contributed by atoms with Crippen molar-refractivity contribution in [2.45, 2.75) is 25.3 Å². The molecule has 1 aliphatic rings. The first-order chi connectivity index (χ1) is 8.16. The van der Waals surface area contributed by atoms with Crippen LogP contribution in [-0.2, 0) is 0 Å². The highest BCUT2D eigenvalue weighted by Crippen LogP contribution is 2.34. The van der Waals surface area contributed by atoms with Gasteiger partial charge in [0.15, 0.2) is 11.2 Å². The van der Waals surface area contributed by atoms with Crippen LogP contribution in [0.2, 0.25) is 0 Å². The summed E-state index contributed by atoms with van der Waals surface area (Å²) in [5, 5.41) is 0. The second kappa shape index (κ2) is 3.44. The molecular formula is C11H13N5O. The number of nitrogen functional groups attached to an aromatic ring is 1. The predicted octanol–water partition coefficient (Wildman–Crippen LogP) is 0.983. The van der Waals surface area contributed by atoms with E-state index >= 15 is 0 Å². The molecule has 2 aromatic heterocycles. The molecule has 0 unspecified atom stereocenters. The third-order valence-electron chi connectivity index (χ3n) is 3.23. The van der Waals surface area contributed by atoms with Gasteiger partial charge in [0.25, 0.3) is 5.56 Å². The van der Waals surface area contributed by atoms with Crippen molar-refractivity contribution in [2.75, 3.05) is 5.73 Å². The molecule has 6 nitrogen and oxygen atoms in total. The van der Waals surface area contributed by atoms with Crippen LogP contribution in [0.25, 0.3) is 11.2 Å². The summed E-state index contributed by atoms with van der Waals surface area (Å²) in [7, 11) is 0. The van der Waals surface area contributed by atoms with Crippen LogP contribution in [0.3, 0.4) is 0 Å². The Morgan fingerprint density at radius 2 is 2.41 bits per heavy atom. The van der Waals surface area contributed by atoms with Gasteiger partial charge in [0.05, 0.1) is 12.4 Å². The molecule has 6 heteroatoms. The van der Waals surface area contributed by atoms with E-state index in [0.717, 1.165) is 24.8 Å². The van der Waals surface area contributed by atoms with Gasteiger partial charge in [-0.2, -0.15) is 4.98 Å². The topological polar surface area (TPSA) is 89.6 Å². The predicted molar refractivity (Wildman–Crippen MR) is 64.6 cm³/mol. The van der Waals surface area contributed by atoms with Crippen LogP contribution in [0.1, 0.15) is 25.3 Å². The van der Waals surface area contributed by atoms with Gasteiger partial charge in [-0.25, -0.2) is 4.98 Å². The number of nitrogens with zero attached hydrogens (tertiary/aromatic N) is 3. The first kappa shape index (κ1) is 10.1. The molecule has 0 aromatic carbocycles. The lowest BCUT2D eigenvalue weighted by molar-refractivity contribution is 0.597. The number of H-pyrrole nitrogens is 1. The molecule has 1 aliphatic carbocycles. The summed E-state index contributed by atoms with van der Waals surface area (Å²) >= 11 is 0. The molecular weight excluding hydrogens is 218 g/mol. The Morgan fingerprint density at radius 3 is 3.12 bits per heavy atom. The van der Waals surface area contributed by atoms with E-state index in [2.05, 4.69) is 21.5 Å². The molecule has 0 saturated heterocycles. The molecule has 3 rings (SSSR count). The summed E-state index contributed by atoms with van der Waals surface area (Å²) in [4.78, 5) is 22.3. The molecule has 0 amide bonds. The lowest BCUT2D eigenvalue weighted by atomic mass is 10.2. The van der Waals surface area contributed by atoms with Crippen LogP contribution in [0.15, 0.2) is 23.3 Å². The number of fused-ring (bicyclic) bond motifs is 1. The Bertz CT molecular complexity index is 653. The SMILES string of the molecule is C=C1CCC[C@@H]1n1cnc2c(=O)[nH]c(N)nc21. The quantitative estimate of drug-likeness (QED) is 0.716. The molecule has 2 heterocycles. The maximum atomic E-state index is 11.6. The van der Waals surface area contributed by atoms with Crippen LogP contribution in [0.4, 0.5) is 5.95 Å². The van der Waals surface area contributed by atoms with Crippen LogP contribution in [-0.4, -0.2) is 19.5 Å². The van der Waals surface area contributed by atoms with Crippen molar-refractivity contribution in [3.8, 4) is 0 Å². The van der Waals surface area contributed by atoms with Gasteiger partial charge in [-0.05, 0) is 19.3 Å². The monoisotopic (exact) mass is 231 g/mol. The van der Waals surface area contributed by atoms with Gasteiger partial charge in [-0.1, -0.05) is 12.2 Å². The second-order valence-corrected chi connectivity index (χ2v) is 4.34. The molecule has 0 radical (unpaired) electrons. The minimum absolute atomic E-state index is 0.118. The first-order valence-corrected chi connectivity index (χ1v) is 5.57. The van der Waals surface area contributed by atoms with Gasteiger partial charge in [-0.3, -0.25) is 9.78 Å². The average molecular weight is 231 g/mol. The van der Waals surface area contributed by atoms with E-state index in [-0.39, 0.29) is 17.5 Å². The Morgan fingerprint density at radius 1 is 1.59 bits per heavy atom. The number of rotatable bonds is 1. The summed E-state index contributed by atoms with van der Waals surface area (Å²) < 4.78 is 1.90. The number of anilines is 1. The lowest BCUT2D eigenvalue weighted by Gasteiger charge is -2.13. The van der Waals surface area contributed by atoms with E-state index in [1.54, 1.807) is 6.33 Å². The fourth-order valence-electron chi connectivity index (χ4n) is 2.40. The summed E-state index contributed by atoms with van der Waals surface area (Å²) in [6.45, 7) is 4.05. The summed E-state index contributed by atoms with van der Waals surface area (Å²) in [5.74, 6) is 0.118. The second-order valence-electron chi connectivity index (χ2n) is 4.34. The zero-order valence-corrected chi connectivity index (χ0v) is 9.31. The summed E-state index contributed by atoms with van der Waals surface area (Å²) in [6.07, 6.45) is 4.79. The normalized spacial score (nSPS) is 20.2. The van der Waals surface area contributed by atoms with Crippen LogP contribution in [0.5, 0.6) is 0 Å². The van der Waals surface area contributed by atoms with Gasteiger partial charge in [0.1, 0.15) is 0 Å². The molecule has 2 aromatic rings. The number of nitrogens with one attached hydrogen (secondary N) is 1. The van der Waals surface area contributed by atoms with Crippen molar-refractivity contribution in [1.82, 2.24) is 19.5 Å². The van der Waals surface area contributed by atoms with Crippen LogP contribution >= 0.6 is 0 Å². The standard InChI is InChI=1S/C11H13N5O/c1-6-3-2-4-7(6)16-5-13-8-9(16)14-11(12)15-10(8)17/h5,7H,1-4H2,(H3,12,14,15,17)/t7-/m0/s1. The Labute approximate surface area is 97.2 Å². The maximum Gasteiger partial charge on any atom is 0.280 e. The van der Waals surface area contributed by atoms with Crippen molar-refractivity contribution in [2.24, 2.45) is 0 Å². The highest BCUT2D eigenvalue weighted by atomic mass is 16.1. The van der Waals surface area contributed by atoms with Gasteiger partial charge in [-0.15, -0.1) is 0 Å². The highest BCUT2D eigenvalue weighted by Gasteiger charge is 2.23. The third-order valence-corrected chi connectivity index (χ3v) is 3.23. The average Bonchev–Trinajstić information content (AvgIpc) is 2.84. The van der Waals surface area contributed by atoms with Gasteiger partial charge >= 0.3 is 0 Å². The van der Waals surface area contributed by atoms with Gasteiger partial charge < -0.3 is 10.3 Å². The number of imidazole rings is 1. The molecule has 1 fully saturated rings. The lowest BCUT2D eigenvalue weighted by Crippen LogP contribution is -2.13. The van der Waals surface area contributed by atoms with Crippen molar-refractivity contribution in [3.05, 3.63) is 28.8 Å². The smallest absolute Gasteiger partial charge is 0.280 e. The Balaban J connectivity index is 2.24. The summed E-state index contributed by atoms with van der Waals surface area (Å²) in [5.41, 5.74) is 7.29. The summed E-state index contributed by atoms with van der Waals surface area (Å²) in [6, 6.07) is 0.189. The number of aromatic amines is 1. The van der Waals surface area contributed by atoms with Crippen molar-refractivity contribution in [1.29, 1.82) is 0 Å². The molecule has 1 atom stereocenters. The molecule has 0 bridgehead atoms. The van der Waals surface area contributed by atoms with E-state index in [0.29, 0.717) is 11.2 Å². The number of hydrogen-bond acceptors (Lipinski definition) is 4.